The lowest BCUT2D eigenvalue weighted by Crippen LogP contribution is -2.09. The Morgan fingerprint density at radius 2 is 1.40 bits per heavy atom. The summed E-state index contributed by atoms with van der Waals surface area (Å²) in [6.07, 6.45) is 3.85. The Labute approximate surface area is 121 Å². The summed E-state index contributed by atoms with van der Waals surface area (Å²) in [5, 5.41) is 2.77. The smallest absolute Gasteiger partial charge is 0.0491 e. The molecular formula is C19H23N. The van der Waals surface area contributed by atoms with Crippen molar-refractivity contribution in [3.8, 4) is 0 Å². The molecule has 0 N–H and O–H groups in total. The summed E-state index contributed by atoms with van der Waals surface area (Å²) in [7, 11) is 0. The van der Waals surface area contributed by atoms with Crippen LogP contribution in [0.25, 0.3) is 21.8 Å². The second-order valence-corrected chi connectivity index (χ2v) is 5.71. The molecule has 20 heavy (non-hydrogen) atoms. The van der Waals surface area contributed by atoms with Gasteiger partial charge in [-0.3, -0.25) is 0 Å². The molecule has 1 heterocycles. The largest absolute Gasteiger partial charge is 0.340 e. The predicted molar refractivity (Wildman–Crippen MR) is 88.1 cm³/mol. The Hall–Kier alpha value is -1.76. The van der Waals surface area contributed by atoms with Crippen LogP contribution >= 0.6 is 0 Å². The first kappa shape index (κ1) is 13.2. The number of hydrogen-bond donors (Lipinski definition) is 0. The van der Waals surface area contributed by atoms with E-state index >= 15 is 0 Å². The van der Waals surface area contributed by atoms with Crippen molar-refractivity contribution in [2.75, 3.05) is 0 Å². The first-order valence-corrected chi connectivity index (χ1v) is 7.81. The maximum atomic E-state index is 2.52. The molecule has 1 atom stereocenters. The number of fused-ring (bicyclic) bond motifs is 3. The van der Waals surface area contributed by atoms with Crippen LogP contribution in [0.15, 0.2) is 48.5 Å². The van der Waals surface area contributed by atoms with Crippen molar-refractivity contribution in [3.63, 3.8) is 0 Å². The lowest BCUT2D eigenvalue weighted by Gasteiger charge is -2.16. The van der Waals surface area contributed by atoms with Crippen molar-refractivity contribution >= 4 is 21.8 Å². The average Bonchev–Trinajstić information content (AvgIpc) is 2.82. The summed E-state index contributed by atoms with van der Waals surface area (Å²) in [6.45, 7) is 5.74. The SMILES string of the molecule is CCCC(CC)Cn1c2ccccc2c2ccccc21. The Morgan fingerprint density at radius 1 is 0.850 bits per heavy atom. The fourth-order valence-electron chi connectivity index (χ4n) is 3.29. The van der Waals surface area contributed by atoms with Crippen molar-refractivity contribution in [1.29, 1.82) is 0 Å². The third-order valence-corrected chi connectivity index (χ3v) is 4.39. The molecule has 0 spiro atoms. The monoisotopic (exact) mass is 265 g/mol. The molecule has 0 aliphatic rings. The van der Waals surface area contributed by atoms with E-state index in [0.717, 1.165) is 12.5 Å². The molecule has 0 fully saturated rings. The first-order valence-electron chi connectivity index (χ1n) is 7.81. The van der Waals surface area contributed by atoms with Gasteiger partial charge in [0.1, 0.15) is 0 Å². The van der Waals surface area contributed by atoms with Crippen LogP contribution in [0.5, 0.6) is 0 Å². The van der Waals surface area contributed by atoms with Gasteiger partial charge in [-0.05, 0) is 24.5 Å². The van der Waals surface area contributed by atoms with Gasteiger partial charge in [-0.2, -0.15) is 0 Å². The number of para-hydroxylation sites is 2. The van der Waals surface area contributed by atoms with Gasteiger partial charge in [-0.15, -0.1) is 0 Å². The molecule has 0 saturated carbocycles. The number of rotatable bonds is 5. The molecule has 0 saturated heterocycles. The summed E-state index contributed by atoms with van der Waals surface area (Å²) < 4.78 is 2.52. The predicted octanol–water partition coefficient (Wildman–Crippen LogP) is 5.62. The molecule has 0 amide bonds. The molecule has 1 heteroatoms. The summed E-state index contributed by atoms with van der Waals surface area (Å²) in [5.41, 5.74) is 2.76. The highest BCUT2D eigenvalue weighted by Gasteiger charge is 2.13. The van der Waals surface area contributed by atoms with Crippen LogP contribution in [-0.2, 0) is 6.54 Å². The molecule has 0 aliphatic carbocycles. The molecule has 1 unspecified atom stereocenters. The van der Waals surface area contributed by atoms with Gasteiger partial charge in [-0.25, -0.2) is 0 Å². The van der Waals surface area contributed by atoms with Crippen LogP contribution in [0.3, 0.4) is 0 Å². The van der Waals surface area contributed by atoms with E-state index in [0.29, 0.717) is 0 Å². The van der Waals surface area contributed by atoms with Crippen molar-refractivity contribution in [2.24, 2.45) is 5.92 Å². The maximum Gasteiger partial charge on any atom is 0.0491 e. The van der Waals surface area contributed by atoms with Crippen LogP contribution in [0.2, 0.25) is 0 Å². The first-order chi connectivity index (χ1) is 9.85. The van der Waals surface area contributed by atoms with Gasteiger partial charge in [0.15, 0.2) is 0 Å². The highest BCUT2D eigenvalue weighted by molar-refractivity contribution is 6.07. The molecule has 3 rings (SSSR count). The molecule has 1 nitrogen and oxygen atoms in total. The minimum Gasteiger partial charge on any atom is -0.340 e. The normalized spacial score (nSPS) is 13.1. The Bertz CT molecular complexity index is 655. The standard InChI is InChI=1S/C19H23N/c1-3-9-15(4-2)14-20-18-12-7-5-10-16(18)17-11-6-8-13-19(17)20/h5-8,10-13,15H,3-4,9,14H2,1-2H3. The van der Waals surface area contributed by atoms with Gasteiger partial charge in [0.05, 0.1) is 0 Å². The van der Waals surface area contributed by atoms with E-state index < -0.39 is 0 Å². The van der Waals surface area contributed by atoms with E-state index in [1.807, 2.05) is 0 Å². The lowest BCUT2D eigenvalue weighted by atomic mass is 10.0. The highest BCUT2D eigenvalue weighted by Crippen LogP contribution is 2.30. The number of aromatic nitrogens is 1. The minimum absolute atomic E-state index is 0.777. The lowest BCUT2D eigenvalue weighted by molar-refractivity contribution is 0.410. The van der Waals surface area contributed by atoms with Gasteiger partial charge >= 0.3 is 0 Å². The van der Waals surface area contributed by atoms with Crippen LogP contribution in [0.1, 0.15) is 33.1 Å². The summed E-state index contributed by atoms with van der Waals surface area (Å²) >= 11 is 0. The molecule has 2 aromatic carbocycles. The van der Waals surface area contributed by atoms with E-state index in [1.54, 1.807) is 0 Å². The van der Waals surface area contributed by atoms with E-state index in [4.69, 9.17) is 0 Å². The fourth-order valence-corrected chi connectivity index (χ4v) is 3.29. The maximum absolute atomic E-state index is 2.52. The second-order valence-electron chi connectivity index (χ2n) is 5.71. The molecule has 104 valence electrons. The zero-order valence-corrected chi connectivity index (χ0v) is 12.5. The minimum atomic E-state index is 0.777. The van der Waals surface area contributed by atoms with Crippen LogP contribution < -0.4 is 0 Å². The molecule has 1 aromatic heterocycles. The fraction of sp³-hybridized carbons (Fsp3) is 0.368. The van der Waals surface area contributed by atoms with Crippen LogP contribution in [-0.4, -0.2) is 4.57 Å². The Balaban J connectivity index is 2.16. The molecule has 0 radical (unpaired) electrons. The van der Waals surface area contributed by atoms with Crippen molar-refractivity contribution in [1.82, 2.24) is 4.57 Å². The summed E-state index contributed by atoms with van der Waals surface area (Å²) in [4.78, 5) is 0. The van der Waals surface area contributed by atoms with E-state index in [-0.39, 0.29) is 0 Å². The summed E-state index contributed by atoms with van der Waals surface area (Å²) in [6, 6.07) is 17.6. The zero-order chi connectivity index (χ0) is 13.9. The van der Waals surface area contributed by atoms with Gasteiger partial charge < -0.3 is 4.57 Å². The second kappa shape index (κ2) is 5.70. The van der Waals surface area contributed by atoms with Gasteiger partial charge in [0.2, 0.25) is 0 Å². The highest BCUT2D eigenvalue weighted by atomic mass is 15.0. The van der Waals surface area contributed by atoms with Crippen molar-refractivity contribution < 1.29 is 0 Å². The number of nitrogens with zero attached hydrogens (tertiary/aromatic N) is 1. The van der Waals surface area contributed by atoms with Crippen molar-refractivity contribution in [3.05, 3.63) is 48.5 Å². The number of benzene rings is 2. The quantitative estimate of drug-likeness (QED) is 0.564. The molecule has 0 aliphatic heterocycles. The van der Waals surface area contributed by atoms with Gasteiger partial charge in [0.25, 0.3) is 0 Å². The van der Waals surface area contributed by atoms with Crippen molar-refractivity contribution in [2.45, 2.75) is 39.7 Å². The third-order valence-electron chi connectivity index (χ3n) is 4.39. The molecule has 3 aromatic rings. The molecule has 0 bridgehead atoms. The third kappa shape index (κ3) is 2.22. The molecular weight excluding hydrogens is 242 g/mol. The Morgan fingerprint density at radius 3 is 1.90 bits per heavy atom. The number of hydrogen-bond acceptors (Lipinski definition) is 0. The average molecular weight is 265 g/mol. The zero-order valence-electron chi connectivity index (χ0n) is 12.5. The summed E-state index contributed by atoms with van der Waals surface area (Å²) in [5.74, 6) is 0.777. The van der Waals surface area contributed by atoms with E-state index in [1.165, 1.54) is 41.1 Å². The van der Waals surface area contributed by atoms with E-state index in [2.05, 4.69) is 66.9 Å². The van der Waals surface area contributed by atoms with E-state index in [9.17, 15) is 0 Å². The van der Waals surface area contributed by atoms with Crippen LogP contribution in [0, 0.1) is 5.92 Å². The Kier molecular flexibility index (Phi) is 3.77. The van der Waals surface area contributed by atoms with Gasteiger partial charge in [0, 0.05) is 28.4 Å². The topological polar surface area (TPSA) is 4.93 Å². The van der Waals surface area contributed by atoms with Crippen LogP contribution in [0.4, 0.5) is 0 Å². The van der Waals surface area contributed by atoms with Gasteiger partial charge in [-0.1, -0.05) is 63.1 Å².